The molecule has 0 saturated carbocycles. The van der Waals surface area contributed by atoms with Crippen molar-refractivity contribution < 1.29 is 0 Å². The van der Waals surface area contributed by atoms with Crippen molar-refractivity contribution in [3.63, 3.8) is 0 Å². The second-order valence-electron chi connectivity index (χ2n) is 2.45. The number of rotatable bonds is 2. The topological polar surface area (TPSA) is 38.9 Å². The Labute approximate surface area is 75.0 Å². The van der Waals surface area contributed by atoms with Crippen molar-refractivity contribution in [2.75, 3.05) is 0 Å². The standard InChI is InChI=1S/C8H11BrN2/c1-2-8(10)6-3-7(9)5-11-4-6/h3-5,8H,2,10H2,1H3. The summed E-state index contributed by atoms with van der Waals surface area (Å²) < 4.78 is 0.985. The summed E-state index contributed by atoms with van der Waals surface area (Å²) >= 11 is 3.34. The third kappa shape index (κ3) is 2.27. The molecule has 0 saturated heterocycles. The Morgan fingerprint density at radius 2 is 2.36 bits per heavy atom. The second kappa shape index (κ2) is 3.83. The average Bonchev–Trinajstić information content (AvgIpc) is 2.03. The van der Waals surface area contributed by atoms with Gasteiger partial charge in [0.05, 0.1) is 0 Å². The van der Waals surface area contributed by atoms with Crippen molar-refractivity contribution >= 4 is 15.9 Å². The van der Waals surface area contributed by atoms with Crippen LogP contribution in [0.1, 0.15) is 24.9 Å². The minimum absolute atomic E-state index is 0.111. The molecule has 0 aliphatic rings. The first kappa shape index (κ1) is 8.68. The van der Waals surface area contributed by atoms with E-state index in [2.05, 4.69) is 27.8 Å². The molecule has 2 N–H and O–H groups in total. The highest BCUT2D eigenvalue weighted by Gasteiger charge is 2.02. The van der Waals surface area contributed by atoms with Gasteiger partial charge in [-0.3, -0.25) is 4.98 Å². The van der Waals surface area contributed by atoms with E-state index in [-0.39, 0.29) is 6.04 Å². The minimum atomic E-state index is 0.111. The number of hydrogen-bond acceptors (Lipinski definition) is 2. The largest absolute Gasteiger partial charge is 0.324 e. The van der Waals surface area contributed by atoms with Crippen molar-refractivity contribution in [3.05, 3.63) is 28.5 Å². The molecule has 0 aliphatic carbocycles. The van der Waals surface area contributed by atoms with Crippen LogP contribution in [-0.4, -0.2) is 4.98 Å². The van der Waals surface area contributed by atoms with Crippen molar-refractivity contribution in [1.29, 1.82) is 0 Å². The van der Waals surface area contributed by atoms with Gasteiger partial charge in [0.1, 0.15) is 0 Å². The first-order chi connectivity index (χ1) is 5.24. The fourth-order valence-corrected chi connectivity index (χ4v) is 1.25. The molecular formula is C8H11BrN2. The molecule has 0 fully saturated rings. The monoisotopic (exact) mass is 214 g/mol. The second-order valence-corrected chi connectivity index (χ2v) is 3.37. The molecular weight excluding hydrogens is 204 g/mol. The third-order valence-electron chi connectivity index (χ3n) is 1.59. The van der Waals surface area contributed by atoms with E-state index in [1.54, 1.807) is 12.4 Å². The number of halogens is 1. The van der Waals surface area contributed by atoms with Crippen LogP contribution in [0, 0.1) is 0 Å². The predicted molar refractivity (Wildman–Crippen MR) is 49.2 cm³/mol. The summed E-state index contributed by atoms with van der Waals surface area (Å²) in [4.78, 5) is 4.03. The van der Waals surface area contributed by atoms with Crippen LogP contribution in [0.3, 0.4) is 0 Å². The third-order valence-corrected chi connectivity index (χ3v) is 2.03. The fourth-order valence-electron chi connectivity index (χ4n) is 0.867. The van der Waals surface area contributed by atoms with E-state index in [9.17, 15) is 0 Å². The lowest BCUT2D eigenvalue weighted by molar-refractivity contribution is 0.694. The molecule has 1 aromatic rings. The van der Waals surface area contributed by atoms with E-state index >= 15 is 0 Å². The van der Waals surface area contributed by atoms with Crippen molar-refractivity contribution in [2.45, 2.75) is 19.4 Å². The average molecular weight is 215 g/mol. The molecule has 1 rings (SSSR count). The van der Waals surface area contributed by atoms with Gasteiger partial charge in [-0.15, -0.1) is 0 Å². The summed E-state index contributed by atoms with van der Waals surface area (Å²) in [5.74, 6) is 0. The Kier molecular flexibility index (Phi) is 3.02. The van der Waals surface area contributed by atoms with Crippen LogP contribution in [0.15, 0.2) is 22.9 Å². The Bertz CT molecular complexity index is 237. The summed E-state index contributed by atoms with van der Waals surface area (Å²) in [6.45, 7) is 2.06. The molecule has 0 amide bonds. The van der Waals surface area contributed by atoms with Crippen LogP contribution in [-0.2, 0) is 0 Å². The number of hydrogen-bond donors (Lipinski definition) is 1. The molecule has 3 heteroatoms. The summed E-state index contributed by atoms with van der Waals surface area (Å²) in [6, 6.07) is 2.11. The van der Waals surface area contributed by atoms with E-state index < -0.39 is 0 Å². The maximum atomic E-state index is 5.80. The summed E-state index contributed by atoms with van der Waals surface area (Å²) in [5, 5.41) is 0. The highest BCUT2D eigenvalue weighted by Crippen LogP contribution is 2.16. The van der Waals surface area contributed by atoms with Crippen LogP contribution in [0.5, 0.6) is 0 Å². The van der Waals surface area contributed by atoms with Gasteiger partial charge in [0, 0.05) is 22.9 Å². The summed E-state index contributed by atoms with van der Waals surface area (Å²) in [5.41, 5.74) is 6.89. The van der Waals surface area contributed by atoms with Crippen LogP contribution in [0.4, 0.5) is 0 Å². The van der Waals surface area contributed by atoms with E-state index in [0.29, 0.717) is 0 Å². The van der Waals surface area contributed by atoms with E-state index in [0.717, 1.165) is 16.5 Å². The lowest BCUT2D eigenvalue weighted by atomic mass is 10.1. The van der Waals surface area contributed by atoms with Gasteiger partial charge >= 0.3 is 0 Å². The van der Waals surface area contributed by atoms with Gasteiger partial charge in [0.25, 0.3) is 0 Å². The lowest BCUT2D eigenvalue weighted by Crippen LogP contribution is -2.08. The van der Waals surface area contributed by atoms with Crippen LogP contribution in [0.2, 0.25) is 0 Å². The smallest absolute Gasteiger partial charge is 0.0410 e. The van der Waals surface area contributed by atoms with Crippen LogP contribution < -0.4 is 5.73 Å². The summed E-state index contributed by atoms with van der Waals surface area (Å²) in [6.07, 6.45) is 4.50. The van der Waals surface area contributed by atoms with Crippen LogP contribution in [0.25, 0.3) is 0 Å². The van der Waals surface area contributed by atoms with Crippen molar-refractivity contribution in [3.8, 4) is 0 Å². The zero-order chi connectivity index (χ0) is 8.27. The molecule has 0 radical (unpaired) electrons. The minimum Gasteiger partial charge on any atom is -0.324 e. The van der Waals surface area contributed by atoms with Crippen LogP contribution >= 0.6 is 15.9 Å². The predicted octanol–water partition coefficient (Wildman–Crippen LogP) is 2.25. The molecule has 1 unspecified atom stereocenters. The molecule has 60 valence electrons. The Morgan fingerprint density at radius 3 is 2.91 bits per heavy atom. The highest BCUT2D eigenvalue weighted by molar-refractivity contribution is 9.10. The zero-order valence-corrected chi connectivity index (χ0v) is 8.01. The van der Waals surface area contributed by atoms with E-state index in [1.807, 2.05) is 6.07 Å². The Hall–Kier alpha value is -0.410. The van der Waals surface area contributed by atoms with Gasteiger partial charge < -0.3 is 5.73 Å². The molecule has 0 bridgehead atoms. The molecule has 1 heterocycles. The molecule has 2 nitrogen and oxygen atoms in total. The molecule has 0 spiro atoms. The number of pyridine rings is 1. The SMILES string of the molecule is CCC(N)c1cncc(Br)c1. The first-order valence-electron chi connectivity index (χ1n) is 3.60. The van der Waals surface area contributed by atoms with E-state index in [1.165, 1.54) is 0 Å². The van der Waals surface area contributed by atoms with Gasteiger partial charge in [0.2, 0.25) is 0 Å². The number of nitrogens with two attached hydrogens (primary N) is 1. The maximum absolute atomic E-state index is 5.80. The lowest BCUT2D eigenvalue weighted by Gasteiger charge is -2.07. The first-order valence-corrected chi connectivity index (χ1v) is 4.39. The molecule has 0 aliphatic heterocycles. The molecule has 0 aromatic carbocycles. The van der Waals surface area contributed by atoms with Gasteiger partial charge in [-0.25, -0.2) is 0 Å². The van der Waals surface area contributed by atoms with Crippen molar-refractivity contribution in [1.82, 2.24) is 4.98 Å². The van der Waals surface area contributed by atoms with Crippen molar-refractivity contribution in [2.24, 2.45) is 5.73 Å². The quantitative estimate of drug-likeness (QED) is 0.821. The molecule has 1 atom stereocenters. The van der Waals surface area contributed by atoms with E-state index in [4.69, 9.17) is 5.73 Å². The highest BCUT2D eigenvalue weighted by atomic mass is 79.9. The number of nitrogens with zero attached hydrogens (tertiary/aromatic N) is 1. The Balaban J connectivity index is 2.86. The van der Waals surface area contributed by atoms with Gasteiger partial charge in [-0.2, -0.15) is 0 Å². The number of aromatic nitrogens is 1. The fraction of sp³-hybridized carbons (Fsp3) is 0.375. The summed E-state index contributed by atoms with van der Waals surface area (Å²) in [7, 11) is 0. The van der Waals surface area contributed by atoms with Gasteiger partial charge in [-0.05, 0) is 34.0 Å². The molecule has 1 aromatic heterocycles. The van der Waals surface area contributed by atoms with Gasteiger partial charge in [0.15, 0.2) is 0 Å². The normalized spacial score (nSPS) is 13.0. The Morgan fingerprint density at radius 1 is 1.64 bits per heavy atom. The van der Waals surface area contributed by atoms with Gasteiger partial charge in [-0.1, -0.05) is 6.92 Å². The zero-order valence-electron chi connectivity index (χ0n) is 6.42. The molecule has 11 heavy (non-hydrogen) atoms. The maximum Gasteiger partial charge on any atom is 0.0410 e.